The van der Waals surface area contributed by atoms with Crippen LogP contribution in [0.4, 0.5) is 0 Å². The van der Waals surface area contributed by atoms with Gasteiger partial charge in [0.15, 0.2) is 0 Å². The van der Waals surface area contributed by atoms with Crippen LogP contribution in [0.5, 0.6) is 5.75 Å². The van der Waals surface area contributed by atoms with E-state index in [2.05, 4.69) is 17.4 Å². The third-order valence-electron chi connectivity index (χ3n) is 3.55. The summed E-state index contributed by atoms with van der Waals surface area (Å²) in [4.78, 5) is 0. The molecule has 1 unspecified atom stereocenters. The van der Waals surface area contributed by atoms with E-state index in [9.17, 15) is 0 Å². The number of benzene rings is 1. The fourth-order valence-corrected chi connectivity index (χ4v) is 2.17. The van der Waals surface area contributed by atoms with Crippen molar-refractivity contribution in [2.24, 2.45) is 0 Å². The lowest BCUT2D eigenvalue weighted by atomic mass is 9.96. The van der Waals surface area contributed by atoms with Crippen LogP contribution in [0.2, 0.25) is 0 Å². The molecule has 1 aliphatic carbocycles. The van der Waals surface area contributed by atoms with Crippen molar-refractivity contribution in [3.63, 3.8) is 0 Å². The molecule has 3 heteroatoms. The van der Waals surface area contributed by atoms with Crippen molar-refractivity contribution >= 4 is 0 Å². The molecule has 0 aromatic heterocycles. The van der Waals surface area contributed by atoms with Crippen LogP contribution >= 0.6 is 0 Å². The molecule has 1 fully saturated rings. The van der Waals surface area contributed by atoms with E-state index < -0.39 is 0 Å². The van der Waals surface area contributed by atoms with Gasteiger partial charge in [-0.05, 0) is 57.9 Å². The van der Waals surface area contributed by atoms with Crippen LogP contribution in [0.25, 0.3) is 0 Å². The standard InChI is InChI=1S/C16H25NO2/c1-12(2)19-15-9-7-13(8-10-15)16(17-3)11-18-14-5-4-6-14/h7-10,12,14,16-17H,4-6,11H2,1-3H3. The van der Waals surface area contributed by atoms with Gasteiger partial charge in [-0.25, -0.2) is 0 Å². The Bertz CT molecular complexity index is 371. The first kappa shape index (κ1) is 14.4. The molecule has 2 rings (SSSR count). The van der Waals surface area contributed by atoms with Crippen molar-refractivity contribution < 1.29 is 9.47 Å². The number of rotatable bonds is 7. The predicted octanol–water partition coefficient (Wildman–Crippen LogP) is 3.30. The van der Waals surface area contributed by atoms with E-state index in [0.29, 0.717) is 6.10 Å². The Morgan fingerprint density at radius 3 is 2.37 bits per heavy atom. The zero-order chi connectivity index (χ0) is 13.7. The number of hydrogen-bond acceptors (Lipinski definition) is 3. The van der Waals surface area contributed by atoms with Gasteiger partial charge < -0.3 is 14.8 Å². The van der Waals surface area contributed by atoms with Crippen molar-refractivity contribution in [1.82, 2.24) is 5.32 Å². The monoisotopic (exact) mass is 263 g/mol. The third kappa shape index (κ3) is 4.22. The molecule has 19 heavy (non-hydrogen) atoms. The molecular weight excluding hydrogens is 238 g/mol. The minimum absolute atomic E-state index is 0.216. The Hall–Kier alpha value is -1.06. The van der Waals surface area contributed by atoms with E-state index in [1.165, 1.54) is 24.8 Å². The van der Waals surface area contributed by atoms with Crippen LogP contribution < -0.4 is 10.1 Å². The molecule has 0 spiro atoms. The molecule has 1 aromatic carbocycles. The summed E-state index contributed by atoms with van der Waals surface area (Å²) in [6, 6.07) is 8.55. The summed E-state index contributed by atoms with van der Waals surface area (Å²) >= 11 is 0. The zero-order valence-corrected chi connectivity index (χ0v) is 12.2. The molecule has 1 aliphatic rings. The quantitative estimate of drug-likeness (QED) is 0.818. The average Bonchev–Trinajstić information content (AvgIpc) is 2.33. The minimum atomic E-state index is 0.216. The highest BCUT2D eigenvalue weighted by Crippen LogP contribution is 2.24. The molecule has 1 saturated carbocycles. The first-order valence-electron chi connectivity index (χ1n) is 7.24. The van der Waals surface area contributed by atoms with E-state index in [1.807, 2.05) is 33.0 Å². The summed E-state index contributed by atoms with van der Waals surface area (Å²) < 4.78 is 11.5. The molecular formula is C16H25NO2. The second kappa shape index (κ2) is 6.92. The Balaban J connectivity index is 1.89. The summed E-state index contributed by atoms with van der Waals surface area (Å²) in [7, 11) is 1.98. The first-order chi connectivity index (χ1) is 9.19. The van der Waals surface area contributed by atoms with Crippen LogP contribution in [-0.4, -0.2) is 25.9 Å². The second-order valence-electron chi connectivity index (χ2n) is 5.46. The Kier molecular flexibility index (Phi) is 5.23. The minimum Gasteiger partial charge on any atom is -0.491 e. The van der Waals surface area contributed by atoms with Crippen LogP contribution in [0.15, 0.2) is 24.3 Å². The highest BCUT2D eigenvalue weighted by atomic mass is 16.5. The summed E-state index contributed by atoms with van der Waals surface area (Å²) in [5.41, 5.74) is 1.25. The van der Waals surface area contributed by atoms with E-state index in [0.717, 1.165) is 12.4 Å². The smallest absolute Gasteiger partial charge is 0.119 e. The lowest BCUT2D eigenvalue weighted by molar-refractivity contribution is -0.00794. The molecule has 0 amide bonds. The van der Waals surface area contributed by atoms with Crippen LogP contribution in [-0.2, 0) is 4.74 Å². The summed E-state index contributed by atoms with van der Waals surface area (Å²) in [6.45, 7) is 4.82. The van der Waals surface area contributed by atoms with Gasteiger partial charge in [0.05, 0.1) is 24.9 Å². The SMILES string of the molecule is CNC(COC1CCC1)c1ccc(OC(C)C)cc1. The fraction of sp³-hybridized carbons (Fsp3) is 0.625. The molecule has 0 aliphatic heterocycles. The van der Waals surface area contributed by atoms with E-state index in [-0.39, 0.29) is 12.1 Å². The maximum Gasteiger partial charge on any atom is 0.119 e. The van der Waals surface area contributed by atoms with Crippen molar-refractivity contribution in [1.29, 1.82) is 0 Å². The van der Waals surface area contributed by atoms with E-state index >= 15 is 0 Å². The van der Waals surface area contributed by atoms with Gasteiger partial charge >= 0.3 is 0 Å². The van der Waals surface area contributed by atoms with Gasteiger partial charge in [0.2, 0.25) is 0 Å². The van der Waals surface area contributed by atoms with Gasteiger partial charge in [0, 0.05) is 0 Å². The molecule has 0 bridgehead atoms. The first-order valence-corrected chi connectivity index (χ1v) is 7.24. The van der Waals surface area contributed by atoms with Crippen LogP contribution in [0.1, 0.15) is 44.7 Å². The summed E-state index contributed by atoms with van der Waals surface area (Å²) in [6.07, 6.45) is 4.46. The number of nitrogens with one attached hydrogen (secondary N) is 1. The van der Waals surface area contributed by atoms with Crippen LogP contribution in [0, 0.1) is 0 Å². The van der Waals surface area contributed by atoms with Gasteiger partial charge in [-0.2, -0.15) is 0 Å². The molecule has 1 atom stereocenters. The van der Waals surface area contributed by atoms with Crippen molar-refractivity contribution in [2.45, 2.75) is 51.4 Å². The highest BCUT2D eigenvalue weighted by Gasteiger charge is 2.20. The average molecular weight is 263 g/mol. The van der Waals surface area contributed by atoms with Gasteiger partial charge in [-0.1, -0.05) is 12.1 Å². The highest BCUT2D eigenvalue weighted by molar-refractivity contribution is 5.29. The summed E-state index contributed by atoms with van der Waals surface area (Å²) in [5.74, 6) is 0.925. The molecule has 0 radical (unpaired) electrons. The largest absolute Gasteiger partial charge is 0.491 e. The Morgan fingerprint density at radius 1 is 1.21 bits per heavy atom. The third-order valence-corrected chi connectivity index (χ3v) is 3.55. The topological polar surface area (TPSA) is 30.5 Å². The normalized spacial score (nSPS) is 17.3. The Labute approximate surface area is 116 Å². The molecule has 0 saturated heterocycles. The van der Waals surface area contributed by atoms with E-state index in [4.69, 9.17) is 9.47 Å². The zero-order valence-electron chi connectivity index (χ0n) is 12.2. The molecule has 1 aromatic rings. The van der Waals surface area contributed by atoms with Crippen molar-refractivity contribution in [2.75, 3.05) is 13.7 Å². The van der Waals surface area contributed by atoms with Gasteiger partial charge in [-0.3, -0.25) is 0 Å². The van der Waals surface area contributed by atoms with Crippen molar-refractivity contribution in [3.05, 3.63) is 29.8 Å². The predicted molar refractivity (Wildman–Crippen MR) is 77.6 cm³/mol. The second-order valence-corrected chi connectivity index (χ2v) is 5.46. The molecule has 3 nitrogen and oxygen atoms in total. The number of hydrogen-bond donors (Lipinski definition) is 1. The van der Waals surface area contributed by atoms with Gasteiger partial charge in [0.25, 0.3) is 0 Å². The lowest BCUT2D eigenvalue weighted by Gasteiger charge is -2.28. The van der Waals surface area contributed by atoms with Gasteiger partial charge in [0.1, 0.15) is 5.75 Å². The fourth-order valence-electron chi connectivity index (χ4n) is 2.17. The van der Waals surface area contributed by atoms with Crippen LogP contribution in [0.3, 0.4) is 0 Å². The maximum absolute atomic E-state index is 5.89. The number of ether oxygens (including phenoxy) is 2. The lowest BCUT2D eigenvalue weighted by Crippen LogP contribution is -2.28. The number of likely N-dealkylation sites (N-methyl/N-ethyl adjacent to an activating group) is 1. The van der Waals surface area contributed by atoms with E-state index in [1.54, 1.807) is 0 Å². The molecule has 106 valence electrons. The summed E-state index contributed by atoms with van der Waals surface area (Å²) in [5, 5.41) is 3.32. The maximum atomic E-state index is 5.89. The molecule has 0 heterocycles. The molecule has 1 N–H and O–H groups in total. The van der Waals surface area contributed by atoms with Gasteiger partial charge in [-0.15, -0.1) is 0 Å². The Morgan fingerprint density at radius 2 is 1.89 bits per heavy atom. The van der Waals surface area contributed by atoms with Crippen molar-refractivity contribution in [3.8, 4) is 5.75 Å².